The molecule has 0 heterocycles. The van der Waals surface area contributed by atoms with Crippen LogP contribution in [0.4, 0.5) is 17.1 Å². The van der Waals surface area contributed by atoms with Crippen molar-refractivity contribution in [3.8, 4) is 0 Å². The summed E-state index contributed by atoms with van der Waals surface area (Å²) in [5, 5.41) is 5.87. The van der Waals surface area contributed by atoms with Crippen LogP contribution >= 0.6 is 0 Å². The summed E-state index contributed by atoms with van der Waals surface area (Å²) in [7, 11) is 0. The van der Waals surface area contributed by atoms with Gasteiger partial charge in [-0.25, -0.2) is 0 Å². The van der Waals surface area contributed by atoms with Gasteiger partial charge in [0.15, 0.2) is 0 Å². The molecule has 20 heavy (non-hydrogen) atoms. The molecule has 3 N–H and O–H groups in total. The summed E-state index contributed by atoms with van der Waals surface area (Å²) in [6, 6.07) is 19.9. The highest BCUT2D eigenvalue weighted by atomic mass is 14.9. The van der Waals surface area contributed by atoms with Crippen molar-refractivity contribution in [2.45, 2.75) is 38.1 Å². The summed E-state index contributed by atoms with van der Waals surface area (Å²) in [5.74, 6) is 0. The number of anilines is 2. The van der Waals surface area contributed by atoms with E-state index in [9.17, 15) is 0 Å². The highest BCUT2D eigenvalue weighted by molar-refractivity contribution is 5.60. The van der Waals surface area contributed by atoms with Crippen LogP contribution < -0.4 is 10.6 Å². The number of nitrogens with two attached hydrogens (primary N) is 1. The Morgan fingerprint density at radius 2 is 1.40 bits per heavy atom. The Labute approximate surface area is 121 Å². The molecule has 1 aliphatic rings. The molecule has 0 unspecified atom stereocenters. The number of rotatable bonds is 4. The third-order valence-corrected chi connectivity index (χ3v) is 4.05. The minimum atomic E-state index is 0.789. The fourth-order valence-electron chi connectivity index (χ4n) is 2.94. The summed E-state index contributed by atoms with van der Waals surface area (Å²) in [6.45, 7) is 0. The van der Waals surface area contributed by atoms with Gasteiger partial charge in [-0.05, 0) is 49.9 Å². The third-order valence-electron chi connectivity index (χ3n) is 4.05. The number of nitrogens with one attached hydrogen (secondary N) is 1. The second-order valence-electron chi connectivity index (χ2n) is 5.68. The summed E-state index contributed by atoms with van der Waals surface area (Å²) in [4.78, 5) is 0. The van der Waals surface area contributed by atoms with Crippen molar-refractivity contribution in [2.24, 2.45) is 0 Å². The predicted octanol–water partition coefficient (Wildman–Crippen LogP) is 3.96. The average molecular weight is 267 g/mol. The van der Waals surface area contributed by atoms with E-state index in [1.54, 1.807) is 0 Å². The molecule has 0 amide bonds. The lowest BCUT2D eigenvalue weighted by Gasteiger charge is -2.19. The Hall–Kier alpha value is -1.80. The molecule has 2 nitrogen and oxygen atoms in total. The molecular weight excluding hydrogens is 244 g/mol. The molecule has 2 aromatic rings. The molecule has 0 bridgehead atoms. The summed E-state index contributed by atoms with van der Waals surface area (Å²) < 4.78 is 0. The largest absolute Gasteiger partial charge is 0.356 e. The molecule has 0 aromatic heterocycles. The topological polar surface area (TPSA) is 28.6 Å². The predicted molar refractivity (Wildman–Crippen MR) is 84.6 cm³/mol. The Morgan fingerprint density at radius 3 is 2.10 bits per heavy atom. The van der Waals surface area contributed by atoms with Crippen molar-refractivity contribution in [3.05, 3.63) is 54.6 Å². The lowest BCUT2D eigenvalue weighted by atomic mass is 9.95. The minimum absolute atomic E-state index is 0.789. The van der Waals surface area contributed by atoms with E-state index in [-0.39, 0.29) is 0 Å². The van der Waals surface area contributed by atoms with Crippen LogP contribution in [0.15, 0.2) is 54.6 Å². The van der Waals surface area contributed by atoms with E-state index in [4.69, 9.17) is 0 Å². The Kier molecular flexibility index (Phi) is 4.34. The third kappa shape index (κ3) is 3.61. The molecule has 1 aliphatic carbocycles. The summed E-state index contributed by atoms with van der Waals surface area (Å²) >= 11 is 0. The monoisotopic (exact) mass is 267 g/mol. The van der Waals surface area contributed by atoms with Crippen molar-refractivity contribution >= 4 is 17.1 Å². The Morgan fingerprint density at radius 1 is 0.750 bits per heavy atom. The van der Waals surface area contributed by atoms with E-state index in [0.29, 0.717) is 0 Å². The SMILES string of the molecule is c1ccc(Nc2ccc([NH2+]C3CCCCC3)cc2)cc1. The van der Waals surface area contributed by atoms with Gasteiger partial charge in [0.05, 0.1) is 6.04 Å². The second kappa shape index (κ2) is 6.58. The van der Waals surface area contributed by atoms with Crippen LogP contribution in [-0.4, -0.2) is 6.04 Å². The normalized spacial score (nSPS) is 16.0. The molecule has 0 atom stereocenters. The quantitative estimate of drug-likeness (QED) is 0.807. The fraction of sp³-hybridized carbons (Fsp3) is 0.333. The van der Waals surface area contributed by atoms with Crippen LogP contribution in [0.3, 0.4) is 0 Å². The van der Waals surface area contributed by atoms with Gasteiger partial charge in [-0.3, -0.25) is 0 Å². The zero-order valence-electron chi connectivity index (χ0n) is 11.9. The lowest BCUT2D eigenvalue weighted by molar-refractivity contribution is -0.614. The standard InChI is InChI=1S/C18H22N2/c1-3-7-15(8-4-1)19-17-11-13-18(14-12-17)20-16-9-5-2-6-10-16/h1,3-4,7-8,11-14,16,19-20H,2,5-6,9-10H2/p+1. The van der Waals surface area contributed by atoms with Gasteiger partial charge in [0.2, 0.25) is 0 Å². The highest BCUT2D eigenvalue weighted by Gasteiger charge is 2.16. The van der Waals surface area contributed by atoms with E-state index in [2.05, 4.69) is 47.0 Å². The van der Waals surface area contributed by atoms with Gasteiger partial charge >= 0.3 is 0 Å². The number of hydrogen-bond acceptors (Lipinski definition) is 1. The number of hydrogen-bond donors (Lipinski definition) is 2. The first-order chi connectivity index (χ1) is 9.90. The average Bonchev–Trinajstić information content (AvgIpc) is 2.51. The first-order valence-electron chi connectivity index (χ1n) is 7.67. The molecule has 0 aliphatic heterocycles. The van der Waals surface area contributed by atoms with Crippen molar-refractivity contribution in [1.29, 1.82) is 0 Å². The maximum Gasteiger partial charge on any atom is 0.129 e. The number of quaternary nitrogens is 1. The van der Waals surface area contributed by atoms with E-state index < -0.39 is 0 Å². The molecule has 0 spiro atoms. The van der Waals surface area contributed by atoms with Crippen molar-refractivity contribution in [2.75, 3.05) is 5.32 Å². The van der Waals surface area contributed by atoms with Crippen LogP contribution in [-0.2, 0) is 0 Å². The summed E-state index contributed by atoms with van der Waals surface area (Å²) in [5.41, 5.74) is 3.64. The van der Waals surface area contributed by atoms with Crippen LogP contribution in [0, 0.1) is 0 Å². The summed E-state index contributed by atoms with van der Waals surface area (Å²) in [6.07, 6.45) is 6.95. The van der Waals surface area contributed by atoms with Crippen LogP contribution in [0.1, 0.15) is 32.1 Å². The van der Waals surface area contributed by atoms with Gasteiger partial charge < -0.3 is 10.6 Å². The van der Waals surface area contributed by atoms with Crippen molar-refractivity contribution in [3.63, 3.8) is 0 Å². The number of benzene rings is 2. The van der Waals surface area contributed by atoms with Crippen LogP contribution in [0.5, 0.6) is 0 Å². The molecule has 2 aromatic carbocycles. The van der Waals surface area contributed by atoms with Gasteiger partial charge in [-0.15, -0.1) is 0 Å². The van der Waals surface area contributed by atoms with E-state index >= 15 is 0 Å². The fourth-order valence-corrected chi connectivity index (χ4v) is 2.94. The maximum atomic E-state index is 3.42. The number of para-hydroxylation sites is 1. The minimum Gasteiger partial charge on any atom is -0.356 e. The molecule has 0 saturated heterocycles. The molecule has 1 fully saturated rings. The van der Waals surface area contributed by atoms with Crippen molar-refractivity contribution in [1.82, 2.24) is 0 Å². The molecular formula is C18H23N2+. The smallest absolute Gasteiger partial charge is 0.129 e. The van der Waals surface area contributed by atoms with Crippen LogP contribution in [0.2, 0.25) is 0 Å². The Balaban J connectivity index is 1.59. The molecule has 2 heteroatoms. The lowest BCUT2D eigenvalue weighted by Crippen LogP contribution is -2.84. The maximum absolute atomic E-state index is 3.42. The highest BCUT2D eigenvalue weighted by Crippen LogP contribution is 2.18. The molecule has 0 radical (unpaired) electrons. The van der Waals surface area contributed by atoms with Gasteiger partial charge in [-0.2, -0.15) is 0 Å². The van der Waals surface area contributed by atoms with Crippen molar-refractivity contribution < 1.29 is 5.32 Å². The zero-order valence-corrected chi connectivity index (χ0v) is 11.9. The van der Waals surface area contributed by atoms with E-state index in [1.165, 1.54) is 37.8 Å². The zero-order chi connectivity index (χ0) is 13.6. The van der Waals surface area contributed by atoms with Gasteiger partial charge in [-0.1, -0.05) is 24.6 Å². The molecule has 3 rings (SSSR count). The van der Waals surface area contributed by atoms with E-state index in [0.717, 1.165) is 17.4 Å². The van der Waals surface area contributed by atoms with Crippen LogP contribution in [0.25, 0.3) is 0 Å². The molecule has 1 saturated carbocycles. The van der Waals surface area contributed by atoms with E-state index in [1.807, 2.05) is 18.2 Å². The first-order valence-corrected chi connectivity index (χ1v) is 7.67. The van der Waals surface area contributed by atoms with Gasteiger partial charge in [0, 0.05) is 23.5 Å². The second-order valence-corrected chi connectivity index (χ2v) is 5.68. The molecule has 104 valence electrons. The van der Waals surface area contributed by atoms with Gasteiger partial charge in [0.25, 0.3) is 0 Å². The Bertz CT molecular complexity index is 513. The van der Waals surface area contributed by atoms with Gasteiger partial charge in [0.1, 0.15) is 5.69 Å². The first kappa shape index (κ1) is 13.2.